The third kappa shape index (κ3) is 6.70. The topological polar surface area (TPSA) is 78.5 Å². The van der Waals surface area contributed by atoms with Gasteiger partial charge in [-0.25, -0.2) is 13.2 Å². The third-order valence-electron chi connectivity index (χ3n) is 4.24. The van der Waals surface area contributed by atoms with Crippen LogP contribution in [-0.2, 0) is 20.8 Å². The number of benzene rings is 2. The van der Waals surface area contributed by atoms with Crippen molar-refractivity contribution in [2.45, 2.75) is 19.4 Å². The van der Waals surface area contributed by atoms with Crippen LogP contribution in [0.5, 0.6) is 0 Å². The summed E-state index contributed by atoms with van der Waals surface area (Å²) in [6.07, 6.45) is 0.335. The molecule has 2 rings (SSSR count). The van der Waals surface area contributed by atoms with Gasteiger partial charge in [0.25, 0.3) is 0 Å². The van der Waals surface area contributed by atoms with E-state index in [0.717, 1.165) is 11.6 Å². The molecule has 0 radical (unpaired) electrons. The summed E-state index contributed by atoms with van der Waals surface area (Å²) < 4.78 is 39.8. The Bertz CT molecular complexity index is 922. The van der Waals surface area contributed by atoms with Crippen LogP contribution in [0, 0.1) is 17.5 Å². The monoisotopic (exact) mass is 421 g/mol. The molecule has 0 aliphatic carbocycles. The molecule has 0 bridgehead atoms. The van der Waals surface area contributed by atoms with Crippen LogP contribution in [0.2, 0.25) is 0 Å². The minimum atomic E-state index is -1.69. The summed E-state index contributed by atoms with van der Waals surface area (Å²) in [7, 11) is 1.47. The van der Waals surface area contributed by atoms with Crippen molar-refractivity contribution in [3.8, 4) is 0 Å². The standard InChI is InChI=1S/C21H22F3N3O3/c1-13(28)17(10-14-6-4-3-5-7-14)26-19(30)12-27(2)11-18(29)25-16-9-8-15(22)20(23)21(16)24/h3-9,17H,10-12H2,1-2H3,(H,25,29)(H,26,30)/t17-/m0/s1. The number of carbonyl (C=O) groups excluding carboxylic acids is 3. The van der Waals surface area contributed by atoms with Crippen molar-refractivity contribution in [2.24, 2.45) is 0 Å². The largest absolute Gasteiger partial charge is 0.345 e. The third-order valence-corrected chi connectivity index (χ3v) is 4.24. The zero-order chi connectivity index (χ0) is 22.3. The van der Waals surface area contributed by atoms with E-state index in [4.69, 9.17) is 0 Å². The minimum Gasteiger partial charge on any atom is -0.345 e. The highest BCUT2D eigenvalue weighted by Gasteiger charge is 2.20. The molecule has 2 aromatic rings. The highest BCUT2D eigenvalue weighted by molar-refractivity contribution is 5.93. The van der Waals surface area contributed by atoms with E-state index >= 15 is 0 Å². The van der Waals surface area contributed by atoms with Gasteiger partial charge in [0.2, 0.25) is 11.8 Å². The number of ketones is 1. The number of halogens is 3. The van der Waals surface area contributed by atoms with E-state index in [1.54, 1.807) is 0 Å². The Morgan fingerprint density at radius 3 is 2.20 bits per heavy atom. The number of carbonyl (C=O) groups is 3. The van der Waals surface area contributed by atoms with Gasteiger partial charge in [-0.2, -0.15) is 0 Å². The van der Waals surface area contributed by atoms with Crippen molar-refractivity contribution in [3.05, 3.63) is 65.5 Å². The molecule has 0 aliphatic heterocycles. The molecule has 0 saturated heterocycles. The van der Waals surface area contributed by atoms with Crippen LogP contribution >= 0.6 is 0 Å². The Morgan fingerprint density at radius 2 is 1.57 bits per heavy atom. The SMILES string of the molecule is CC(=O)[C@H](Cc1ccccc1)NC(=O)CN(C)CC(=O)Nc1ccc(F)c(F)c1F. The van der Waals surface area contributed by atoms with Gasteiger partial charge in [0.15, 0.2) is 23.2 Å². The molecule has 1 atom stereocenters. The molecule has 30 heavy (non-hydrogen) atoms. The van der Waals surface area contributed by atoms with Gasteiger partial charge in [-0.1, -0.05) is 30.3 Å². The van der Waals surface area contributed by atoms with Crippen LogP contribution in [0.15, 0.2) is 42.5 Å². The number of nitrogens with zero attached hydrogens (tertiary/aromatic N) is 1. The van der Waals surface area contributed by atoms with Gasteiger partial charge in [-0.15, -0.1) is 0 Å². The quantitative estimate of drug-likeness (QED) is 0.609. The lowest BCUT2D eigenvalue weighted by Crippen LogP contribution is -2.46. The highest BCUT2D eigenvalue weighted by Crippen LogP contribution is 2.19. The summed E-state index contributed by atoms with van der Waals surface area (Å²) in [5, 5.41) is 4.75. The first-order valence-electron chi connectivity index (χ1n) is 9.13. The zero-order valence-corrected chi connectivity index (χ0v) is 16.5. The highest BCUT2D eigenvalue weighted by atomic mass is 19.2. The second-order valence-corrected chi connectivity index (χ2v) is 6.86. The fourth-order valence-electron chi connectivity index (χ4n) is 2.74. The Kier molecular flexibility index (Phi) is 8.11. The average Bonchev–Trinajstić information content (AvgIpc) is 2.68. The van der Waals surface area contributed by atoms with Crippen molar-refractivity contribution in [3.63, 3.8) is 0 Å². The van der Waals surface area contributed by atoms with Crippen molar-refractivity contribution in [1.29, 1.82) is 0 Å². The predicted octanol–water partition coefficient (Wildman–Crippen LogP) is 2.29. The van der Waals surface area contributed by atoms with Crippen molar-refractivity contribution in [1.82, 2.24) is 10.2 Å². The van der Waals surface area contributed by atoms with Crippen LogP contribution in [0.25, 0.3) is 0 Å². The Labute approximate surface area is 172 Å². The first-order chi connectivity index (χ1) is 14.2. The fourth-order valence-corrected chi connectivity index (χ4v) is 2.74. The normalized spacial score (nSPS) is 11.8. The maximum atomic E-state index is 13.6. The molecule has 0 heterocycles. The van der Waals surface area contributed by atoms with Crippen LogP contribution in [0.1, 0.15) is 12.5 Å². The van der Waals surface area contributed by atoms with Crippen molar-refractivity contribution < 1.29 is 27.6 Å². The number of rotatable bonds is 9. The Balaban J connectivity index is 1.87. The molecule has 0 aliphatic rings. The van der Waals surface area contributed by atoms with E-state index in [1.165, 1.54) is 18.9 Å². The molecule has 0 saturated carbocycles. The second-order valence-electron chi connectivity index (χ2n) is 6.86. The summed E-state index contributed by atoms with van der Waals surface area (Å²) in [6, 6.07) is 10.1. The summed E-state index contributed by atoms with van der Waals surface area (Å²) in [5.74, 6) is -5.96. The van der Waals surface area contributed by atoms with Gasteiger partial charge in [0, 0.05) is 0 Å². The molecule has 9 heteroatoms. The molecular weight excluding hydrogens is 399 g/mol. The Morgan fingerprint density at radius 1 is 0.933 bits per heavy atom. The number of hydrogen-bond donors (Lipinski definition) is 2. The number of likely N-dealkylation sites (N-methyl/N-ethyl adjacent to an activating group) is 1. The number of hydrogen-bond acceptors (Lipinski definition) is 4. The predicted molar refractivity (Wildman–Crippen MR) is 105 cm³/mol. The molecular formula is C21H22F3N3O3. The second kappa shape index (κ2) is 10.5. The lowest BCUT2D eigenvalue weighted by atomic mass is 10.0. The molecule has 2 amide bonds. The number of Topliss-reactive ketones (excluding diaryl/α,β-unsaturated/α-hetero) is 1. The van der Waals surface area contributed by atoms with Gasteiger partial charge in [-0.3, -0.25) is 19.3 Å². The van der Waals surface area contributed by atoms with E-state index < -0.39 is 41.0 Å². The van der Waals surface area contributed by atoms with Crippen LogP contribution in [0.3, 0.4) is 0 Å². The molecule has 0 fully saturated rings. The number of amides is 2. The lowest BCUT2D eigenvalue weighted by molar-refractivity contribution is -0.128. The number of anilines is 1. The summed E-state index contributed by atoms with van der Waals surface area (Å²) >= 11 is 0. The molecule has 2 N–H and O–H groups in total. The van der Waals surface area contributed by atoms with Crippen LogP contribution in [-0.4, -0.2) is 48.7 Å². The molecule has 160 valence electrons. The average molecular weight is 421 g/mol. The zero-order valence-electron chi connectivity index (χ0n) is 16.5. The van der Waals surface area contributed by atoms with Crippen molar-refractivity contribution in [2.75, 3.05) is 25.5 Å². The van der Waals surface area contributed by atoms with Gasteiger partial charge in [0.1, 0.15) is 0 Å². The molecule has 0 spiro atoms. The molecule has 6 nitrogen and oxygen atoms in total. The smallest absolute Gasteiger partial charge is 0.238 e. The van der Waals surface area contributed by atoms with Gasteiger partial charge in [-0.05, 0) is 38.1 Å². The molecule has 0 aromatic heterocycles. The minimum absolute atomic E-state index is 0.202. The van der Waals surface area contributed by atoms with E-state index in [9.17, 15) is 27.6 Å². The van der Waals surface area contributed by atoms with E-state index in [2.05, 4.69) is 10.6 Å². The lowest BCUT2D eigenvalue weighted by Gasteiger charge is -2.20. The van der Waals surface area contributed by atoms with Crippen LogP contribution in [0.4, 0.5) is 18.9 Å². The first kappa shape index (κ1) is 23.1. The molecule has 2 aromatic carbocycles. The van der Waals surface area contributed by atoms with Gasteiger partial charge in [0.05, 0.1) is 24.8 Å². The maximum absolute atomic E-state index is 13.6. The van der Waals surface area contributed by atoms with Crippen molar-refractivity contribution >= 4 is 23.3 Å². The Hall–Kier alpha value is -3.20. The van der Waals surface area contributed by atoms with E-state index in [1.807, 2.05) is 30.3 Å². The summed E-state index contributed by atoms with van der Waals surface area (Å²) in [4.78, 5) is 37.4. The number of nitrogens with one attached hydrogen (secondary N) is 2. The first-order valence-corrected chi connectivity index (χ1v) is 9.13. The fraction of sp³-hybridized carbons (Fsp3) is 0.286. The summed E-state index contributed by atoms with van der Waals surface area (Å²) in [6.45, 7) is 0.864. The van der Waals surface area contributed by atoms with E-state index in [-0.39, 0.29) is 18.9 Å². The van der Waals surface area contributed by atoms with Gasteiger partial charge < -0.3 is 10.6 Å². The maximum Gasteiger partial charge on any atom is 0.238 e. The summed E-state index contributed by atoms with van der Waals surface area (Å²) in [5.41, 5.74) is 0.385. The van der Waals surface area contributed by atoms with Gasteiger partial charge >= 0.3 is 0 Å². The molecule has 0 unspecified atom stereocenters. The van der Waals surface area contributed by atoms with E-state index in [0.29, 0.717) is 12.5 Å². The van der Waals surface area contributed by atoms with Crippen LogP contribution < -0.4 is 10.6 Å².